The van der Waals surface area contributed by atoms with Gasteiger partial charge in [0.05, 0.1) is 0 Å². The zero-order valence-electron chi connectivity index (χ0n) is 11.7. The van der Waals surface area contributed by atoms with Crippen LogP contribution < -0.4 is 14.4 Å². The van der Waals surface area contributed by atoms with Gasteiger partial charge in [-0.3, -0.25) is 0 Å². The number of nitrogens with zero attached hydrogens (tertiary/aromatic N) is 1. The van der Waals surface area contributed by atoms with Gasteiger partial charge in [-0.1, -0.05) is 3.89 Å². The molecule has 1 aromatic rings. The van der Waals surface area contributed by atoms with Crippen molar-refractivity contribution in [3.05, 3.63) is 23.3 Å². The molecule has 0 atom stereocenters. The number of benzene rings is 1. The zero-order chi connectivity index (χ0) is 15.5. The van der Waals surface area contributed by atoms with E-state index in [0.29, 0.717) is 12.0 Å². The third-order valence-electron chi connectivity index (χ3n) is 3.35. The molecule has 7 heteroatoms. The second-order valence-electron chi connectivity index (χ2n) is 4.83. The molecule has 1 aliphatic heterocycles. The van der Waals surface area contributed by atoms with E-state index in [1.54, 1.807) is 6.92 Å². The van der Waals surface area contributed by atoms with Gasteiger partial charge in [0, 0.05) is 43.9 Å². The van der Waals surface area contributed by atoms with Gasteiger partial charge in [0.2, 0.25) is 0 Å². The Morgan fingerprint density at radius 3 is 2.67 bits per heavy atom. The van der Waals surface area contributed by atoms with Crippen LogP contribution in [0.5, 0.6) is 5.75 Å². The minimum Gasteiger partial charge on any atom is -0.369 e. The molecule has 2 rings (SSSR count). The van der Waals surface area contributed by atoms with Gasteiger partial charge < -0.3 is 14.4 Å². The maximum Gasteiger partial charge on any atom is 0.488 e. The topological polar surface area (TPSA) is 58.6 Å². The third kappa shape index (κ3) is 4.09. The molecule has 5 nitrogen and oxygen atoms in total. The first-order valence-corrected chi connectivity index (χ1v) is 7.88. The lowest BCUT2D eigenvalue weighted by Gasteiger charge is -2.31. The van der Waals surface area contributed by atoms with E-state index in [-0.39, 0.29) is 5.75 Å². The van der Waals surface area contributed by atoms with Crippen LogP contribution in [0.3, 0.4) is 0 Å². The quantitative estimate of drug-likeness (QED) is 0.668. The Morgan fingerprint density at radius 1 is 1.43 bits per heavy atom. The fourth-order valence-electron chi connectivity index (χ4n) is 2.38. The van der Waals surface area contributed by atoms with Crippen molar-refractivity contribution in [3.8, 4) is 18.1 Å². The molecule has 1 saturated heterocycles. The molecule has 1 aliphatic rings. The number of nitrogens with one attached hydrogen (secondary N) is 1. The van der Waals surface area contributed by atoms with Crippen molar-refractivity contribution in [2.45, 2.75) is 13.3 Å². The van der Waals surface area contributed by atoms with E-state index in [2.05, 4.69) is 20.3 Å². The molecular weight excluding hydrogens is 295 g/mol. The number of terminal acetylenes is 1. The lowest BCUT2D eigenvalue weighted by molar-refractivity contribution is 0.438. The number of hydrogen-bond acceptors (Lipinski definition) is 5. The van der Waals surface area contributed by atoms with Crippen LogP contribution in [-0.2, 0) is 16.9 Å². The molecule has 114 valence electrons. The van der Waals surface area contributed by atoms with Gasteiger partial charge in [0.1, 0.15) is 0 Å². The summed E-state index contributed by atoms with van der Waals surface area (Å²) in [6, 6.07) is 3.37. The molecule has 0 saturated carbocycles. The Hall–Kier alpha value is -1.78. The van der Waals surface area contributed by atoms with Gasteiger partial charge >= 0.3 is 10.5 Å². The molecule has 1 N–H and O–H groups in total. The average Bonchev–Trinajstić information content (AvgIpc) is 2.42. The highest BCUT2D eigenvalue weighted by molar-refractivity contribution is 7.81. The highest BCUT2D eigenvalue weighted by Gasteiger charge is 2.19. The van der Waals surface area contributed by atoms with Crippen LogP contribution in [-0.4, -0.2) is 34.6 Å². The molecule has 0 amide bonds. The van der Waals surface area contributed by atoms with E-state index in [0.717, 1.165) is 37.4 Å². The summed E-state index contributed by atoms with van der Waals surface area (Å²) in [5.41, 5.74) is 2.12. The van der Waals surface area contributed by atoms with Crippen LogP contribution in [0.2, 0.25) is 0 Å². The minimum atomic E-state index is -5.06. The van der Waals surface area contributed by atoms with Gasteiger partial charge in [0.25, 0.3) is 0 Å². The van der Waals surface area contributed by atoms with Crippen LogP contribution in [0, 0.1) is 19.3 Å². The monoisotopic (exact) mass is 312 g/mol. The Bertz CT molecular complexity index is 662. The van der Waals surface area contributed by atoms with E-state index < -0.39 is 10.5 Å². The van der Waals surface area contributed by atoms with Crippen LogP contribution in [0.4, 0.5) is 9.57 Å². The summed E-state index contributed by atoms with van der Waals surface area (Å²) in [6.45, 7) is 4.93. The number of anilines is 1. The normalized spacial score (nSPS) is 15.6. The van der Waals surface area contributed by atoms with Crippen molar-refractivity contribution in [3.63, 3.8) is 0 Å². The first kappa shape index (κ1) is 15.6. The van der Waals surface area contributed by atoms with Crippen molar-refractivity contribution in [2.75, 3.05) is 31.1 Å². The van der Waals surface area contributed by atoms with E-state index in [1.807, 2.05) is 6.07 Å². The molecule has 1 fully saturated rings. The number of halogens is 1. The standard InChI is InChI=1S/C14H17FN2O3S/c1-3-4-12-9-13(17-7-5-16-6-8-17)11(2)14(10-12)20-21(15,18)19/h1,9-10,16H,4-8H2,2H3. The SMILES string of the molecule is C#CCc1cc(OS(=O)(=O)F)c(C)c(N2CCNCC2)c1. The summed E-state index contributed by atoms with van der Waals surface area (Å²) in [6.07, 6.45) is 5.62. The predicted molar refractivity (Wildman–Crippen MR) is 79.5 cm³/mol. The molecule has 1 aromatic carbocycles. The second kappa shape index (κ2) is 6.33. The molecule has 0 aromatic heterocycles. The largest absolute Gasteiger partial charge is 0.488 e. The maximum atomic E-state index is 12.8. The molecule has 0 radical (unpaired) electrons. The fraction of sp³-hybridized carbons (Fsp3) is 0.429. The molecule has 21 heavy (non-hydrogen) atoms. The summed E-state index contributed by atoms with van der Waals surface area (Å²) in [5.74, 6) is 2.48. The van der Waals surface area contributed by atoms with Crippen LogP contribution in [0.25, 0.3) is 0 Å². The second-order valence-corrected chi connectivity index (χ2v) is 5.79. The summed E-state index contributed by atoms with van der Waals surface area (Å²) in [5, 5.41) is 3.24. The first-order valence-electron chi connectivity index (χ1n) is 6.57. The van der Waals surface area contributed by atoms with Gasteiger partial charge in [-0.15, -0.1) is 12.3 Å². The number of piperazine rings is 1. The summed E-state index contributed by atoms with van der Waals surface area (Å²) < 4.78 is 38.8. The molecule has 0 bridgehead atoms. The highest BCUT2D eigenvalue weighted by atomic mass is 32.3. The lowest BCUT2D eigenvalue weighted by Crippen LogP contribution is -2.43. The molecule has 0 spiro atoms. The highest BCUT2D eigenvalue weighted by Crippen LogP contribution is 2.32. The van der Waals surface area contributed by atoms with Crippen molar-refractivity contribution in [1.82, 2.24) is 5.32 Å². The third-order valence-corrected chi connectivity index (χ3v) is 3.72. The number of rotatable bonds is 4. The molecule has 0 unspecified atom stereocenters. The van der Waals surface area contributed by atoms with E-state index in [4.69, 9.17) is 6.42 Å². The maximum absolute atomic E-state index is 12.8. The Balaban J connectivity index is 2.44. The lowest BCUT2D eigenvalue weighted by atomic mass is 10.0. The van der Waals surface area contributed by atoms with E-state index in [1.165, 1.54) is 6.07 Å². The van der Waals surface area contributed by atoms with Crippen molar-refractivity contribution in [1.29, 1.82) is 0 Å². The average molecular weight is 312 g/mol. The molecular formula is C14H17FN2O3S. The van der Waals surface area contributed by atoms with E-state index in [9.17, 15) is 12.3 Å². The zero-order valence-corrected chi connectivity index (χ0v) is 12.5. The van der Waals surface area contributed by atoms with Crippen LogP contribution >= 0.6 is 0 Å². The Kier molecular flexibility index (Phi) is 4.70. The minimum absolute atomic E-state index is 0.0150. The van der Waals surface area contributed by atoms with Crippen molar-refractivity contribution >= 4 is 16.2 Å². The van der Waals surface area contributed by atoms with Gasteiger partial charge in [-0.25, -0.2) is 0 Å². The van der Waals surface area contributed by atoms with Crippen molar-refractivity contribution in [2.24, 2.45) is 0 Å². The Morgan fingerprint density at radius 2 is 2.10 bits per heavy atom. The predicted octanol–water partition coefficient (Wildman–Crippen LogP) is 1.17. The molecule has 0 aliphatic carbocycles. The van der Waals surface area contributed by atoms with Crippen LogP contribution in [0.1, 0.15) is 11.1 Å². The van der Waals surface area contributed by atoms with Gasteiger partial charge in [-0.05, 0) is 24.6 Å². The molecule has 1 heterocycles. The Labute approximate surface area is 124 Å². The van der Waals surface area contributed by atoms with Gasteiger partial charge in [0.15, 0.2) is 5.75 Å². The summed E-state index contributed by atoms with van der Waals surface area (Å²) in [4.78, 5) is 2.10. The fourth-order valence-corrected chi connectivity index (χ4v) is 2.76. The first-order chi connectivity index (χ1) is 9.90. The van der Waals surface area contributed by atoms with Gasteiger partial charge in [-0.2, -0.15) is 8.42 Å². The van der Waals surface area contributed by atoms with Crippen molar-refractivity contribution < 1.29 is 16.5 Å². The van der Waals surface area contributed by atoms with Crippen LogP contribution in [0.15, 0.2) is 12.1 Å². The smallest absolute Gasteiger partial charge is 0.369 e. The number of hydrogen-bond donors (Lipinski definition) is 1. The van der Waals surface area contributed by atoms with E-state index >= 15 is 0 Å². The summed E-state index contributed by atoms with van der Waals surface area (Å²) in [7, 11) is -5.06. The summed E-state index contributed by atoms with van der Waals surface area (Å²) >= 11 is 0.